The second-order valence-corrected chi connectivity index (χ2v) is 4.30. The number of nitrogens with one attached hydrogen (secondary N) is 1. The number of likely N-dealkylation sites (N-methyl/N-ethyl adjacent to an activating group) is 1. The summed E-state index contributed by atoms with van der Waals surface area (Å²) in [4.78, 5) is 0. The van der Waals surface area contributed by atoms with Crippen molar-refractivity contribution in [2.24, 2.45) is 5.92 Å². The van der Waals surface area contributed by atoms with E-state index < -0.39 is 0 Å². The van der Waals surface area contributed by atoms with Gasteiger partial charge in [-0.1, -0.05) is 0 Å². The van der Waals surface area contributed by atoms with Gasteiger partial charge in [0.2, 0.25) is 0 Å². The Morgan fingerprint density at radius 1 is 1.64 bits per heavy atom. The maximum Gasteiger partial charge on any atom is 0.0518 e. The van der Waals surface area contributed by atoms with Crippen molar-refractivity contribution in [2.75, 3.05) is 33.9 Å². The number of methoxy groups -OCH3 is 1. The van der Waals surface area contributed by atoms with E-state index in [0.29, 0.717) is 12.0 Å². The molecule has 1 aliphatic heterocycles. The van der Waals surface area contributed by atoms with Crippen molar-refractivity contribution in [3.05, 3.63) is 0 Å². The molecule has 4 heteroatoms. The average molecular weight is 270 g/mol. The van der Waals surface area contributed by atoms with Gasteiger partial charge in [0.15, 0.2) is 0 Å². The summed E-state index contributed by atoms with van der Waals surface area (Å²) in [5, 5.41) is 3.30. The lowest BCUT2D eigenvalue weighted by atomic mass is 10.1. The SMILES string of the molecule is CNC1CN(I)CC1COC. The molecule has 0 amide bonds. The van der Waals surface area contributed by atoms with Crippen LogP contribution in [0.4, 0.5) is 0 Å². The van der Waals surface area contributed by atoms with Crippen LogP contribution in [0.25, 0.3) is 0 Å². The van der Waals surface area contributed by atoms with E-state index in [9.17, 15) is 0 Å². The molecule has 0 saturated carbocycles. The van der Waals surface area contributed by atoms with E-state index in [4.69, 9.17) is 4.74 Å². The number of hydrogen-bond acceptors (Lipinski definition) is 3. The third-order valence-electron chi connectivity index (χ3n) is 2.15. The lowest BCUT2D eigenvalue weighted by molar-refractivity contribution is 0.148. The van der Waals surface area contributed by atoms with Crippen LogP contribution >= 0.6 is 22.9 Å². The third kappa shape index (κ3) is 2.54. The topological polar surface area (TPSA) is 24.5 Å². The number of ether oxygens (including phenoxy) is 1. The second kappa shape index (κ2) is 4.59. The van der Waals surface area contributed by atoms with Gasteiger partial charge in [-0.2, -0.15) is 0 Å². The smallest absolute Gasteiger partial charge is 0.0518 e. The lowest BCUT2D eigenvalue weighted by Crippen LogP contribution is -2.34. The minimum Gasteiger partial charge on any atom is -0.384 e. The Labute approximate surface area is 82.0 Å². The van der Waals surface area contributed by atoms with Crippen molar-refractivity contribution in [1.82, 2.24) is 8.43 Å². The first-order valence-electron chi connectivity index (χ1n) is 3.85. The van der Waals surface area contributed by atoms with E-state index in [0.717, 1.165) is 19.7 Å². The van der Waals surface area contributed by atoms with Crippen LogP contribution in [0.5, 0.6) is 0 Å². The van der Waals surface area contributed by atoms with Crippen LogP contribution < -0.4 is 5.32 Å². The highest BCUT2D eigenvalue weighted by atomic mass is 127. The molecule has 1 rings (SSSR count). The molecule has 0 spiro atoms. The van der Waals surface area contributed by atoms with Crippen molar-refractivity contribution >= 4 is 22.9 Å². The largest absolute Gasteiger partial charge is 0.384 e. The number of hydrogen-bond donors (Lipinski definition) is 1. The van der Waals surface area contributed by atoms with Crippen molar-refractivity contribution in [1.29, 1.82) is 0 Å². The Bertz CT molecular complexity index is 123. The summed E-state index contributed by atoms with van der Waals surface area (Å²) < 4.78 is 7.44. The monoisotopic (exact) mass is 270 g/mol. The fourth-order valence-corrected chi connectivity index (χ4v) is 2.46. The lowest BCUT2D eigenvalue weighted by Gasteiger charge is -2.15. The predicted molar refractivity (Wildman–Crippen MR) is 53.8 cm³/mol. The predicted octanol–water partition coefficient (Wildman–Crippen LogP) is 0.503. The number of rotatable bonds is 3. The van der Waals surface area contributed by atoms with Gasteiger partial charge in [-0.3, -0.25) is 0 Å². The van der Waals surface area contributed by atoms with Crippen LogP contribution in [0.1, 0.15) is 0 Å². The highest BCUT2D eigenvalue weighted by Crippen LogP contribution is 2.19. The molecule has 0 bridgehead atoms. The third-order valence-corrected chi connectivity index (χ3v) is 2.94. The Hall–Kier alpha value is 0.610. The van der Waals surface area contributed by atoms with Gasteiger partial charge >= 0.3 is 0 Å². The van der Waals surface area contributed by atoms with Gasteiger partial charge in [0.05, 0.1) is 6.61 Å². The first-order valence-corrected chi connectivity index (χ1v) is 4.81. The summed E-state index contributed by atoms with van der Waals surface area (Å²) in [6.45, 7) is 3.13. The molecule has 11 heavy (non-hydrogen) atoms. The van der Waals surface area contributed by atoms with Crippen molar-refractivity contribution in [2.45, 2.75) is 6.04 Å². The molecule has 1 saturated heterocycles. The van der Waals surface area contributed by atoms with Gasteiger partial charge in [-0.05, 0) is 7.05 Å². The molecule has 1 aliphatic rings. The van der Waals surface area contributed by atoms with Gasteiger partial charge in [-0.15, -0.1) is 0 Å². The maximum atomic E-state index is 5.14. The minimum atomic E-state index is 0.604. The first-order chi connectivity index (χ1) is 5.27. The average Bonchev–Trinajstić information content (AvgIpc) is 2.32. The molecule has 66 valence electrons. The van der Waals surface area contributed by atoms with Crippen LogP contribution in [-0.4, -0.2) is 43.0 Å². The molecule has 1 fully saturated rings. The van der Waals surface area contributed by atoms with Crippen LogP contribution in [0, 0.1) is 5.92 Å². The summed E-state index contributed by atoms with van der Waals surface area (Å²) in [5.41, 5.74) is 0. The molecule has 0 aromatic carbocycles. The molecular formula is C7H15IN2O. The molecule has 2 unspecified atom stereocenters. The molecule has 1 heterocycles. The molecule has 2 atom stereocenters. The van der Waals surface area contributed by atoms with E-state index in [-0.39, 0.29) is 0 Å². The quantitative estimate of drug-likeness (QED) is 0.597. The molecule has 0 aliphatic carbocycles. The zero-order valence-electron chi connectivity index (χ0n) is 7.01. The highest BCUT2D eigenvalue weighted by Gasteiger charge is 2.30. The van der Waals surface area contributed by atoms with Crippen LogP contribution in [0.3, 0.4) is 0 Å². The molecular weight excluding hydrogens is 255 g/mol. The second-order valence-electron chi connectivity index (χ2n) is 2.94. The van der Waals surface area contributed by atoms with Gasteiger partial charge in [-0.25, -0.2) is 3.11 Å². The highest BCUT2D eigenvalue weighted by molar-refractivity contribution is 14.1. The Morgan fingerprint density at radius 3 is 2.91 bits per heavy atom. The molecule has 0 aromatic heterocycles. The Kier molecular flexibility index (Phi) is 4.05. The summed E-state index contributed by atoms with van der Waals surface area (Å²) in [5.74, 6) is 0.655. The van der Waals surface area contributed by atoms with Crippen LogP contribution in [0.2, 0.25) is 0 Å². The number of halogens is 1. The van der Waals surface area contributed by atoms with E-state index in [1.165, 1.54) is 0 Å². The van der Waals surface area contributed by atoms with Crippen molar-refractivity contribution < 1.29 is 4.74 Å². The fraction of sp³-hybridized carbons (Fsp3) is 1.00. The molecule has 0 aromatic rings. The maximum absolute atomic E-state index is 5.14. The van der Waals surface area contributed by atoms with Crippen LogP contribution in [-0.2, 0) is 4.74 Å². The summed E-state index contributed by atoms with van der Waals surface area (Å²) in [6, 6.07) is 0.604. The van der Waals surface area contributed by atoms with Gasteiger partial charge in [0.25, 0.3) is 0 Å². The summed E-state index contributed by atoms with van der Waals surface area (Å²) in [6.07, 6.45) is 0. The minimum absolute atomic E-state index is 0.604. The first kappa shape index (κ1) is 9.70. The van der Waals surface area contributed by atoms with Crippen molar-refractivity contribution in [3.8, 4) is 0 Å². The van der Waals surface area contributed by atoms with Crippen molar-refractivity contribution in [3.63, 3.8) is 0 Å². The Balaban J connectivity index is 2.37. The van der Waals surface area contributed by atoms with Gasteiger partial charge < -0.3 is 10.1 Å². The standard InChI is InChI=1S/C7H15IN2O/c1-9-7-4-10(8)3-6(7)5-11-2/h6-7,9H,3-5H2,1-2H3. The number of nitrogens with zero attached hydrogens (tertiary/aromatic N) is 1. The fourth-order valence-electron chi connectivity index (χ4n) is 1.53. The van der Waals surface area contributed by atoms with Gasteiger partial charge in [0.1, 0.15) is 0 Å². The van der Waals surface area contributed by atoms with E-state index >= 15 is 0 Å². The zero-order valence-corrected chi connectivity index (χ0v) is 9.17. The zero-order chi connectivity index (χ0) is 8.27. The normalized spacial score (nSPS) is 33.0. The van der Waals surface area contributed by atoms with Crippen LogP contribution in [0.15, 0.2) is 0 Å². The summed E-state index contributed by atoms with van der Waals surface area (Å²) in [7, 11) is 3.78. The summed E-state index contributed by atoms with van der Waals surface area (Å²) >= 11 is 2.36. The van der Waals surface area contributed by atoms with E-state index in [1.54, 1.807) is 7.11 Å². The Morgan fingerprint density at radius 2 is 2.36 bits per heavy atom. The van der Waals surface area contributed by atoms with E-state index in [2.05, 4.69) is 31.3 Å². The molecule has 0 radical (unpaired) electrons. The van der Waals surface area contributed by atoms with E-state index in [1.807, 2.05) is 7.05 Å². The van der Waals surface area contributed by atoms with Gasteiger partial charge in [0, 0.05) is 55.0 Å². The molecule has 3 nitrogen and oxygen atoms in total. The molecule has 1 N–H and O–H groups in total.